The third kappa shape index (κ3) is 4.21. The Morgan fingerprint density at radius 2 is 1.30 bits per heavy atom. The molecule has 1 heteroatoms. The first-order valence-electron chi connectivity index (χ1n) is 10.8. The predicted octanol–water partition coefficient (Wildman–Crippen LogP) is 6.87. The van der Waals surface area contributed by atoms with Crippen LogP contribution in [0.25, 0.3) is 5.57 Å². The van der Waals surface area contributed by atoms with E-state index in [2.05, 4.69) is 120 Å². The number of rotatable bonds is 4. The highest BCUT2D eigenvalue weighted by Crippen LogP contribution is 2.41. The average Bonchev–Trinajstić information content (AvgIpc) is 3.07. The molecule has 0 atom stereocenters. The van der Waals surface area contributed by atoms with Gasteiger partial charge in [-0.1, -0.05) is 105 Å². The largest absolute Gasteiger partial charge is 0.0686 e. The van der Waals surface area contributed by atoms with Gasteiger partial charge in [0.1, 0.15) is 0 Å². The first kappa shape index (κ1) is 20.8. The highest BCUT2D eigenvalue weighted by molar-refractivity contribution is 7.80. The van der Waals surface area contributed by atoms with Crippen LogP contribution in [0.15, 0.2) is 96.1 Å². The van der Waals surface area contributed by atoms with Gasteiger partial charge in [0.2, 0.25) is 0 Å². The summed E-state index contributed by atoms with van der Waals surface area (Å²) in [5.41, 5.74) is 7.30. The minimum absolute atomic E-state index is 0.120. The van der Waals surface area contributed by atoms with Gasteiger partial charge in [-0.25, -0.2) is 0 Å². The maximum Gasteiger partial charge on any atom is -0.00579 e. The van der Waals surface area contributed by atoms with Crippen LogP contribution in [0, 0.1) is 0 Å². The first-order valence-corrected chi connectivity index (χ1v) is 12.1. The van der Waals surface area contributed by atoms with Crippen molar-refractivity contribution in [3.63, 3.8) is 0 Å². The second kappa shape index (κ2) is 8.37. The first-order chi connectivity index (χ1) is 14.3. The van der Waals surface area contributed by atoms with Crippen molar-refractivity contribution in [2.75, 3.05) is 0 Å². The highest BCUT2D eigenvalue weighted by Gasteiger charge is 2.25. The van der Waals surface area contributed by atoms with Crippen molar-refractivity contribution in [2.45, 2.75) is 46.5 Å². The average molecular weight is 411 g/mol. The zero-order chi connectivity index (χ0) is 21.3. The minimum Gasteiger partial charge on any atom is -0.0686 e. The summed E-state index contributed by atoms with van der Waals surface area (Å²) in [5.74, 6) is 0. The van der Waals surface area contributed by atoms with E-state index in [1.54, 1.807) is 0 Å². The van der Waals surface area contributed by atoms with Gasteiger partial charge in [-0.3, -0.25) is 0 Å². The Morgan fingerprint density at radius 3 is 1.77 bits per heavy atom. The van der Waals surface area contributed by atoms with Gasteiger partial charge in [0.15, 0.2) is 0 Å². The second-order valence-corrected chi connectivity index (χ2v) is 11.5. The molecule has 0 radical (unpaired) electrons. The lowest BCUT2D eigenvalue weighted by Crippen LogP contribution is -2.25. The van der Waals surface area contributed by atoms with Gasteiger partial charge in [-0.2, -0.15) is 0 Å². The van der Waals surface area contributed by atoms with E-state index < -0.39 is 7.92 Å². The molecule has 3 aromatic rings. The molecular weight excluding hydrogens is 379 g/mol. The van der Waals surface area contributed by atoms with E-state index in [9.17, 15) is 0 Å². The summed E-state index contributed by atoms with van der Waals surface area (Å²) in [6.07, 6.45) is 3.41. The van der Waals surface area contributed by atoms with Crippen LogP contribution >= 0.6 is 7.92 Å². The lowest BCUT2D eigenvalue weighted by atomic mass is 9.86. The maximum atomic E-state index is 2.50. The van der Waals surface area contributed by atoms with Gasteiger partial charge in [0.05, 0.1) is 0 Å². The molecule has 0 saturated carbocycles. The highest BCUT2D eigenvalue weighted by atomic mass is 31.1. The molecule has 152 valence electrons. The van der Waals surface area contributed by atoms with Crippen molar-refractivity contribution in [3.8, 4) is 0 Å². The van der Waals surface area contributed by atoms with Gasteiger partial charge >= 0.3 is 0 Å². The van der Waals surface area contributed by atoms with E-state index in [1.165, 1.54) is 43.8 Å². The zero-order valence-electron chi connectivity index (χ0n) is 18.7. The van der Waals surface area contributed by atoms with Crippen molar-refractivity contribution in [1.29, 1.82) is 0 Å². The van der Waals surface area contributed by atoms with Crippen LogP contribution in [0.4, 0.5) is 0 Å². The summed E-state index contributed by atoms with van der Waals surface area (Å²) < 4.78 is 0. The van der Waals surface area contributed by atoms with Crippen LogP contribution in [-0.2, 0) is 5.41 Å². The molecule has 1 aliphatic rings. The number of allylic oxidation sites excluding steroid dienone is 4. The number of benzene rings is 3. The molecule has 0 aliphatic heterocycles. The van der Waals surface area contributed by atoms with E-state index >= 15 is 0 Å². The fourth-order valence-corrected chi connectivity index (χ4v) is 6.77. The van der Waals surface area contributed by atoms with E-state index in [1.807, 2.05) is 0 Å². The molecule has 0 fully saturated rings. The summed E-state index contributed by atoms with van der Waals surface area (Å²) in [6, 6.07) is 29.3. The Hall–Kier alpha value is -2.43. The Kier molecular flexibility index (Phi) is 5.81. The van der Waals surface area contributed by atoms with Gasteiger partial charge in [0, 0.05) is 0 Å². The lowest BCUT2D eigenvalue weighted by Gasteiger charge is -2.27. The van der Waals surface area contributed by atoms with Crippen LogP contribution in [0.3, 0.4) is 0 Å². The quantitative estimate of drug-likeness (QED) is 0.412. The fraction of sp³-hybridized carbons (Fsp3) is 0.241. The zero-order valence-corrected chi connectivity index (χ0v) is 19.6. The molecule has 0 saturated heterocycles. The van der Waals surface area contributed by atoms with E-state index in [0.29, 0.717) is 0 Å². The van der Waals surface area contributed by atoms with Gasteiger partial charge in [-0.15, -0.1) is 0 Å². The Labute approximate surface area is 183 Å². The van der Waals surface area contributed by atoms with Crippen molar-refractivity contribution in [3.05, 3.63) is 107 Å². The van der Waals surface area contributed by atoms with E-state index in [4.69, 9.17) is 0 Å². The van der Waals surface area contributed by atoms with E-state index in [-0.39, 0.29) is 5.41 Å². The molecule has 0 N–H and O–H groups in total. The van der Waals surface area contributed by atoms with Gasteiger partial charge in [-0.05, 0) is 77.9 Å². The van der Waals surface area contributed by atoms with Crippen LogP contribution in [0.1, 0.15) is 52.2 Å². The van der Waals surface area contributed by atoms with Crippen LogP contribution in [0.2, 0.25) is 0 Å². The molecule has 0 bridgehead atoms. The molecule has 0 unspecified atom stereocenters. The molecule has 3 aromatic carbocycles. The van der Waals surface area contributed by atoms with E-state index in [0.717, 1.165) is 6.42 Å². The standard InChI is InChI=1S/C29H31P/c1-21-18-22(2)27(19-21)26-17-16-23(29(3,4)5)20-28(26)30(24-12-8-6-9-13-24)25-14-10-7-11-15-25/h6-18,20H,19H2,1-5H3. The molecule has 1 aliphatic carbocycles. The van der Waals surface area contributed by atoms with Crippen LogP contribution in [-0.4, -0.2) is 0 Å². The monoisotopic (exact) mass is 410 g/mol. The van der Waals surface area contributed by atoms with Crippen molar-refractivity contribution in [1.82, 2.24) is 0 Å². The molecule has 0 spiro atoms. The summed E-state index contributed by atoms with van der Waals surface area (Å²) in [5, 5.41) is 4.30. The third-order valence-corrected chi connectivity index (χ3v) is 8.33. The summed E-state index contributed by atoms with van der Waals surface area (Å²) in [4.78, 5) is 0. The van der Waals surface area contributed by atoms with Crippen molar-refractivity contribution >= 4 is 29.4 Å². The molecular formula is C29H31P. The predicted molar refractivity (Wildman–Crippen MR) is 135 cm³/mol. The topological polar surface area (TPSA) is 0 Å². The normalized spacial score (nSPS) is 14.4. The maximum absolute atomic E-state index is 2.50. The second-order valence-electron chi connectivity index (χ2n) is 9.32. The number of hydrogen-bond donors (Lipinski definition) is 0. The van der Waals surface area contributed by atoms with Crippen molar-refractivity contribution in [2.24, 2.45) is 0 Å². The fourth-order valence-electron chi connectivity index (χ4n) is 4.25. The molecule has 0 nitrogen and oxygen atoms in total. The molecule has 30 heavy (non-hydrogen) atoms. The third-order valence-electron chi connectivity index (χ3n) is 5.85. The van der Waals surface area contributed by atoms with Crippen molar-refractivity contribution < 1.29 is 0 Å². The SMILES string of the molecule is CC1=CC(C)=C(c2ccc(C(C)(C)C)cc2P(c2ccccc2)c2ccccc2)C1. The molecule has 4 rings (SSSR count). The summed E-state index contributed by atoms with van der Waals surface area (Å²) in [6.45, 7) is 11.4. The minimum atomic E-state index is -0.637. The Bertz CT molecular complexity index is 1060. The van der Waals surface area contributed by atoms with Gasteiger partial charge in [0.25, 0.3) is 0 Å². The smallest absolute Gasteiger partial charge is 0.00579 e. The Balaban J connectivity index is 1.98. The number of hydrogen-bond acceptors (Lipinski definition) is 0. The Morgan fingerprint density at radius 1 is 0.733 bits per heavy atom. The summed E-state index contributed by atoms with van der Waals surface area (Å²) >= 11 is 0. The van der Waals surface area contributed by atoms with Gasteiger partial charge < -0.3 is 0 Å². The summed E-state index contributed by atoms with van der Waals surface area (Å²) in [7, 11) is -0.637. The molecule has 0 amide bonds. The molecule has 0 heterocycles. The molecule has 0 aromatic heterocycles. The lowest BCUT2D eigenvalue weighted by molar-refractivity contribution is 0.591. The van der Waals surface area contributed by atoms with Crippen LogP contribution < -0.4 is 15.9 Å². The van der Waals surface area contributed by atoms with Crippen LogP contribution in [0.5, 0.6) is 0 Å².